The van der Waals surface area contributed by atoms with E-state index in [2.05, 4.69) is 0 Å². The Morgan fingerprint density at radius 3 is 1.25 bits per heavy atom. The minimum Gasteiger partial charge on any atom is -0.186 e. The van der Waals surface area contributed by atoms with Gasteiger partial charge in [-0.15, -0.1) is 0 Å². The molecule has 0 N–H and O–H groups in total. The second kappa shape index (κ2) is 12.0. The van der Waals surface area contributed by atoms with Gasteiger partial charge in [0.05, 0.1) is 0 Å². The van der Waals surface area contributed by atoms with Gasteiger partial charge in [-0.3, -0.25) is 0 Å². The molecule has 0 aliphatic carbocycles. The SMILES string of the molecule is O=C=O.[Rh]. The molecule has 0 fully saturated rings. The molecule has 4 heavy (non-hydrogen) atoms. The number of hydrogen-bond acceptors (Lipinski definition) is 2. The zero-order valence-electron chi connectivity index (χ0n) is 1.65. The Morgan fingerprint density at radius 2 is 1.25 bits per heavy atom. The van der Waals surface area contributed by atoms with Crippen LogP contribution in [0, 0.1) is 0 Å². The zero-order valence-corrected chi connectivity index (χ0v) is 3.29. The molecule has 0 heterocycles. The monoisotopic (exact) mass is 147 g/mol. The van der Waals surface area contributed by atoms with Crippen LogP contribution in [0.15, 0.2) is 0 Å². The maximum absolute atomic E-state index is 8.12. The van der Waals surface area contributed by atoms with Gasteiger partial charge in [-0.2, -0.15) is 9.59 Å². The summed E-state index contributed by atoms with van der Waals surface area (Å²) in [7, 11) is 0. The van der Waals surface area contributed by atoms with Gasteiger partial charge in [-0.1, -0.05) is 0 Å². The van der Waals surface area contributed by atoms with Crippen LogP contribution in [0.3, 0.4) is 0 Å². The smallest absolute Gasteiger partial charge is 0.186 e. The fourth-order valence-corrected chi connectivity index (χ4v) is 0. The Labute approximate surface area is 35.9 Å². The van der Waals surface area contributed by atoms with E-state index < -0.39 is 0 Å². The predicted octanol–water partition coefficient (Wildman–Crippen LogP) is -0.586. The Kier molecular flexibility index (Phi) is 26.9. The molecule has 0 saturated heterocycles. The summed E-state index contributed by atoms with van der Waals surface area (Å²) in [6.07, 6.45) is 0.250. The van der Waals surface area contributed by atoms with Crippen LogP contribution in [0.25, 0.3) is 0 Å². The Balaban J connectivity index is 0. The van der Waals surface area contributed by atoms with E-state index in [0.29, 0.717) is 0 Å². The van der Waals surface area contributed by atoms with Gasteiger partial charge < -0.3 is 0 Å². The van der Waals surface area contributed by atoms with E-state index in [0.717, 1.165) is 0 Å². The average Bonchev–Trinajstić information content (AvgIpc) is 0.918. The summed E-state index contributed by atoms with van der Waals surface area (Å²) in [4.78, 5) is 16.2. The van der Waals surface area contributed by atoms with Crippen molar-refractivity contribution in [1.29, 1.82) is 0 Å². The minimum absolute atomic E-state index is 0. The molecular weight excluding hydrogens is 147 g/mol. The number of carbonyl (C=O) groups excluding carboxylic acids is 2. The summed E-state index contributed by atoms with van der Waals surface area (Å²) in [5, 5.41) is 0. The molecule has 0 bridgehead atoms. The van der Waals surface area contributed by atoms with Crippen molar-refractivity contribution in [1.82, 2.24) is 0 Å². The van der Waals surface area contributed by atoms with E-state index in [1.54, 1.807) is 0 Å². The summed E-state index contributed by atoms with van der Waals surface area (Å²) in [5.74, 6) is 0. The normalized spacial score (nSPS) is 2.00. The molecule has 3 heteroatoms. The van der Waals surface area contributed by atoms with Crippen LogP contribution in [0.1, 0.15) is 0 Å². The van der Waals surface area contributed by atoms with Gasteiger partial charge in [0.1, 0.15) is 0 Å². The Hall–Kier alpha value is 0.00338. The predicted molar refractivity (Wildman–Crippen MR) is 5.01 cm³/mol. The summed E-state index contributed by atoms with van der Waals surface area (Å²) >= 11 is 0. The van der Waals surface area contributed by atoms with Crippen molar-refractivity contribution in [2.45, 2.75) is 0 Å². The van der Waals surface area contributed by atoms with Crippen molar-refractivity contribution in [2.24, 2.45) is 0 Å². The summed E-state index contributed by atoms with van der Waals surface area (Å²) in [6, 6.07) is 0. The second-order valence-electron chi connectivity index (χ2n) is 0.0833. The van der Waals surface area contributed by atoms with E-state index in [1.165, 1.54) is 0 Å². The third-order valence-corrected chi connectivity index (χ3v) is 0. The minimum atomic E-state index is 0. The molecule has 2 nitrogen and oxygen atoms in total. The van der Waals surface area contributed by atoms with Gasteiger partial charge in [0, 0.05) is 19.5 Å². The topological polar surface area (TPSA) is 34.1 Å². The maximum atomic E-state index is 8.12. The molecule has 0 aromatic carbocycles. The first-order chi connectivity index (χ1) is 1.41. The maximum Gasteiger partial charge on any atom is 0.373 e. The van der Waals surface area contributed by atoms with E-state index in [9.17, 15) is 0 Å². The first kappa shape index (κ1) is 9.00. The van der Waals surface area contributed by atoms with E-state index in [4.69, 9.17) is 9.59 Å². The molecule has 0 atom stereocenters. The van der Waals surface area contributed by atoms with Gasteiger partial charge in [0.15, 0.2) is 0 Å². The third kappa shape index (κ3) is 177000. The largest absolute Gasteiger partial charge is 0.373 e. The first-order valence-electron chi connectivity index (χ1n) is 0.408. The van der Waals surface area contributed by atoms with Crippen molar-refractivity contribution >= 4 is 6.15 Å². The quantitative estimate of drug-likeness (QED) is 0.429. The molecule has 0 aromatic heterocycles. The van der Waals surface area contributed by atoms with Crippen molar-refractivity contribution in [3.8, 4) is 0 Å². The molecule has 0 spiro atoms. The molecule has 0 aliphatic heterocycles. The molecule has 0 amide bonds. The number of rotatable bonds is 0. The molecule has 0 aliphatic rings. The zero-order chi connectivity index (χ0) is 2.71. The van der Waals surface area contributed by atoms with Crippen molar-refractivity contribution in [2.75, 3.05) is 0 Å². The molecule has 25 valence electrons. The van der Waals surface area contributed by atoms with E-state index >= 15 is 0 Å². The number of hydrogen-bond donors (Lipinski definition) is 0. The van der Waals surface area contributed by atoms with Crippen LogP contribution >= 0.6 is 0 Å². The molecule has 0 unspecified atom stereocenters. The fraction of sp³-hybridized carbons (Fsp3) is 0. The summed E-state index contributed by atoms with van der Waals surface area (Å²) in [6.45, 7) is 0. The van der Waals surface area contributed by atoms with Crippen LogP contribution in [0.5, 0.6) is 0 Å². The van der Waals surface area contributed by atoms with Gasteiger partial charge in [0.25, 0.3) is 0 Å². The second-order valence-corrected chi connectivity index (χ2v) is 0.0833. The molecule has 1 radical (unpaired) electrons. The van der Waals surface area contributed by atoms with Gasteiger partial charge >= 0.3 is 6.15 Å². The van der Waals surface area contributed by atoms with Crippen LogP contribution in [0.4, 0.5) is 0 Å². The summed E-state index contributed by atoms with van der Waals surface area (Å²) < 4.78 is 0. The van der Waals surface area contributed by atoms with Crippen LogP contribution in [0.2, 0.25) is 0 Å². The van der Waals surface area contributed by atoms with Crippen molar-refractivity contribution in [3.05, 3.63) is 0 Å². The molecule has 0 rings (SSSR count). The van der Waals surface area contributed by atoms with Crippen molar-refractivity contribution in [3.63, 3.8) is 0 Å². The third-order valence-electron chi connectivity index (χ3n) is 0. The van der Waals surface area contributed by atoms with Gasteiger partial charge in [0.2, 0.25) is 0 Å². The Bertz CT molecular complexity index is 27.0. The van der Waals surface area contributed by atoms with Crippen molar-refractivity contribution < 1.29 is 29.1 Å². The molecule has 0 aromatic rings. The van der Waals surface area contributed by atoms with Crippen LogP contribution in [-0.4, -0.2) is 6.15 Å². The van der Waals surface area contributed by atoms with Gasteiger partial charge in [-0.25, -0.2) is 0 Å². The molecule has 0 saturated carbocycles. The van der Waals surface area contributed by atoms with E-state index in [1.807, 2.05) is 0 Å². The van der Waals surface area contributed by atoms with Gasteiger partial charge in [-0.05, 0) is 0 Å². The average molecular weight is 147 g/mol. The summed E-state index contributed by atoms with van der Waals surface area (Å²) in [5.41, 5.74) is 0. The standard InChI is InChI=1S/CO2.Rh/c2-1-3;. The first-order valence-corrected chi connectivity index (χ1v) is 0.408. The fourth-order valence-electron chi connectivity index (χ4n) is 0. The van der Waals surface area contributed by atoms with Crippen LogP contribution < -0.4 is 0 Å². The Morgan fingerprint density at radius 1 is 1.25 bits per heavy atom. The molecular formula is CO2Rh. The van der Waals surface area contributed by atoms with Crippen LogP contribution in [-0.2, 0) is 29.1 Å². The van der Waals surface area contributed by atoms with E-state index in [-0.39, 0.29) is 25.6 Å².